The van der Waals surface area contributed by atoms with Crippen LogP contribution in [-0.2, 0) is 21.9 Å². The van der Waals surface area contributed by atoms with E-state index in [2.05, 4.69) is 0 Å². The third-order valence-electron chi connectivity index (χ3n) is 3.58. The summed E-state index contributed by atoms with van der Waals surface area (Å²) in [5.41, 5.74) is 5.22. The summed E-state index contributed by atoms with van der Waals surface area (Å²) >= 11 is 0. The van der Waals surface area contributed by atoms with E-state index in [1.165, 1.54) is 23.9 Å². The maximum atomic E-state index is 12.6. The second kappa shape index (κ2) is 5.49. The number of aryl methyl sites for hydroxylation is 1. The van der Waals surface area contributed by atoms with Crippen LogP contribution in [0.5, 0.6) is 0 Å². The SMILES string of the molecule is Cn1cc(S(=O)(=O)N2CCCC[C@@H]2C(=O)O)cc1C(N)=O. The highest BCUT2D eigenvalue weighted by atomic mass is 32.2. The number of sulfonamides is 1. The highest BCUT2D eigenvalue weighted by Gasteiger charge is 2.38. The lowest BCUT2D eigenvalue weighted by molar-refractivity contribution is -0.142. The van der Waals surface area contributed by atoms with E-state index in [9.17, 15) is 23.1 Å². The molecule has 1 aliphatic heterocycles. The molecule has 1 atom stereocenters. The van der Waals surface area contributed by atoms with Crippen molar-refractivity contribution in [3.63, 3.8) is 0 Å². The van der Waals surface area contributed by atoms with Crippen LogP contribution in [0.3, 0.4) is 0 Å². The summed E-state index contributed by atoms with van der Waals surface area (Å²) in [5.74, 6) is -1.91. The fraction of sp³-hybridized carbons (Fsp3) is 0.500. The van der Waals surface area contributed by atoms with Gasteiger partial charge in [0.2, 0.25) is 10.0 Å². The van der Waals surface area contributed by atoms with Crippen molar-refractivity contribution in [1.29, 1.82) is 0 Å². The summed E-state index contributed by atoms with van der Waals surface area (Å²) in [7, 11) is -2.46. The number of piperidine rings is 1. The van der Waals surface area contributed by atoms with Crippen molar-refractivity contribution in [1.82, 2.24) is 8.87 Å². The van der Waals surface area contributed by atoms with Crippen molar-refractivity contribution in [3.8, 4) is 0 Å². The normalized spacial score (nSPS) is 20.3. The van der Waals surface area contributed by atoms with Crippen LogP contribution in [0.4, 0.5) is 0 Å². The number of aliphatic carboxylic acids is 1. The van der Waals surface area contributed by atoms with Crippen LogP contribution in [0.15, 0.2) is 17.2 Å². The van der Waals surface area contributed by atoms with Gasteiger partial charge in [0.05, 0.1) is 0 Å². The smallest absolute Gasteiger partial charge is 0.322 e. The lowest BCUT2D eigenvalue weighted by Crippen LogP contribution is -2.47. The van der Waals surface area contributed by atoms with Crippen molar-refractivity contribution in [2.45, 2.75) is 30.2 Å². The topological polar surface area (TPSA) is 123 Å². The molecule has 0 saturated carbocycles. The van der Waals surface area contributed by atoms with Gasteiger partial charge in [0.15, 0.2) is 0 Å². The highest BCUT2D eigenvalue weighted by Crippen LogP contribution is 2.26. The number of nitrogens with two attached hydrogens (primary N) is 1. The standard InChI is InChI=1S/C12H17N3O5S/c1-14-7-8(6-10(14)11(13)16)21(19,20)15-5-3-2-4-9(15)12(17)18/h6-7,9H,2-5H2,1H3,(H2,13,16)(H,17,18)/t9-/m1/s1. The van der Waals surface area contributed by atoms with Gasteiger partial charge in [-0.05, 0) is 25.3 Å². The first-order chi connectivity index (χ1) is 9.75. The van der Waals surface area contributed by atoms with E-state index in [-0.39, 0.29) is 23.6 Å². The third kappa shape index (κ3) is 2.79. The Balaban J connectivity index is 2.43. The minimum Gasteiger partial charge on any atom is -0.480 e. The molecule has 1 aliphatic rings. The zero-order valence-corrected chi connectivity index (χ0v) is 12.3. The first-order valence-corrected chi connectivity index (χ1v) is 7.90. The largest absolute Gasteiger partial charge is 0.480 e. The lowest BCUT2D eigenvalue weighted by Gasteiger charge is -2.31. The fourth-order valence-corrected chi connectivity index (χ4v) is 4.22. The van der Waals surface area contributed by atoms with E-state index in [4.69, 9.17) is 5.73 Å². The number of amides is 1. The van der Waals surface area contributed by atoms with E-state index >= 15 is 0 Å². The summed E-state index contributed by atoms with van der Waals surface area (Å²) in [6, 6.07) is 0.103. The average molecular weight is 315 g/mol. The van der Waals surface area contributed by atoms with Crippen LogP contribution in [0.1, 0.15) is 29.8 Å². The van der Waals surface area contributed by atoms with Gasteiger partial charge in [0, 0.05) is 19.8 Å². The third-order valence-corrected chi connectivity index (χ3v) is 5.45. The Morgan fingerprint density at radius 2 is 2.05 bits per heavy atom. The van der Waals surface area contributed by atoms with Crippen LogP contribution in [0, 0.1) is 0 Å². The summed E-state index contributed by atoms with van der Waals surface area (Å²) in [4.78, 5) is 22.3. The number of hydrogen-bond donors (Lipinski definition) is 2. The van der Waals surface area contributed by atoms with E-state index in [0.717, 1.165) is 4.31 Å². The molecular weight excluding hydrogens is 298 g/mol. The zero-order valence-electron chi connectivity index (χ0n) is 11.5. The van der Waals surface area contributed by atoms with Gasteiger partial charge in [0.25, 0.3) is 5.91 Å². The fourth-order valence-electron chi connectivity index (χ4n) is 2.50. The van der Waals surface area contributed by atoms with Crippen LogP contribution in [0.2, 0.25) is 0 Å². The predicted octanol–water partition coefficient (Wildman–Crippen LogP) is -0.248. The number of primary amides is 1. The number of aromatic nitrogens is 1. The Hall–Kier alpha value is -1.87. The second-order valence-corrected chi connectivity index (χ2v) is 6.89. The molecule has 2 heterocycles. The number of nitrogens with zero attached hydrogens (tertiary/aromatic N) is 2. The van der Waals surface area contributed by atoms with Crippen molar-refractivity contribution in [2.75, 3.05) is 6.54 Å². The summed E-state index contributed by atoms with van der Waals surface area (Å²) in [6.07, 6.45) is 2.83. The van der Waals surface area contributed by atoms with Gasteiger partial charge in [0.1, 0.15) is 16.6 Å². The first kappa shape index (κ1) is 15.5. The van der Waals surface area contributed by atoms with Gasteiger partial charge in [-0.15, -0.1) is 0 Å². The molecule has 0 radical (unpaired) electrons. The molecule has 0 aromatic carbocycles. The molecule has 1 amide bonds. The minimum absolute atomic E-state index is 0.0532. The lowest BCUT2D eigenvalue weighted by atomic mass is 10.1. The Morgan fingerprint density at radius 3 is 2.57 bits per heavy atom. The zero-order chi connectivity index (χ0) is 15.8. The number of hydrogen-bond acceptors (Lipinski definition) is 4. The number of carbonyl (C=O) groups excluding carboxylic acids is 1. The molecule has 2 rings (SSSR count). The molecule has 1 aromatic heterocycles. The number of rotatable bonds is 4. The van der Waals surface area contributed by atoms with E-state index in [1.807, 2.05) is 0 Å². The molecule has 116 valence electrons. The van der Waals surface area contributed by atoms with Gasteiger partial charge < -0.3 is 15.4 Å². The molecule has 9 heteroatoms. The number of carbonyl (C=O) groups is 2. The summed E-state index contributed by atoms with van der Waals surface area (Å²) in [5, 5.41) is 9.18. The van der Waals surface area contributed by atoms with Crippen LogP contribution in [-0.4, -0.2) is 46.9 Å². The van der Waals surface area contributed by atoms with E-state index in [1.54, 1.807) is 0 Å². The molecule has 1 fully saturated rings. The van der Waals surface area contributed by atoms with Gasteiger partial charge in [-0.25, -0.2) is 8.42 Å². The van der Waals surface area contributed by atoms with Crippen molar-refractivity contribution >= 4 is 21.9 Å². The molecule has 1 saturated heterocycles. The average Bonchev–Trinajstić information content (AvgIpc) is 2.81. The first-order valence-electron chi connectivity index (χ1n) is 6.46. The number of carboxylic acids is 1. The van der Waals surface area contributed by atoms with E-state index in [0.29, 0.717) is 12.8 Å². The monoisotopic (exact) mass is 315 g/mol. The molecule has 1 aromatic rings. The van der Waals surface area contributed by atoms with Gasteiger partial charge in [-0.2, -0.15) is 4.31 Å². The van der Waals surface area contributed by atoms with Gasteiger partial charge >= 0.3 is 5.97 Å². The Morgan fingerprint density at radius 1 is 1.38 bits per heavy atom. The Kier molecular flexibility index (Phi) is 4.06. The second-order valence-electron chi connectivity index (χ2n) is 5.00. The molecule has 3 N–H and O–H groups in total. The van der Waals surface area contributed by atoms with E-state index < -0.39 is 27.9 Å². The Labute approximate surface area is 122 Å². The predicted molar refractivity (Wildman–Crippen MR) is 73.1 cm³/mol. The quantitative estimate of drug-likeness (QED) is 0.793. The summed E-state index contributed by atoms with van der Waals surface area (Å²) < 4.78 is 27.5. The van der Waals surface area contributed by atoms with Crippen molar-refractivity contribution < 1.29 is 23.1 Å². The molecular formula is C12H17N3O5S. The Bertz CT molecular complexity index is 679. The number of carboxylic acid groups (broad SMARTS) is 1. The maximum Gasteiger partial charge on any atom is 0.322 e. The van der Waals surface area contributed by atoms with Crippen LogP contribution in [0.25, 0.3) is 0 Å². The van der Waals surface area contributed by atoms with Crippen molar-refractivity contribution in [2.24, 2.45) is 12.8 Å². The summed E-state index contributed by atoms with van der Waals surface area (Å²) in [6.45, 7) is 0.153. The van der Waals surface area contributed by atoms with Crippen molar-refractivity contribution in [3.05, 3.63) is 18.0 Å². The highest BCUT2D eigenvalue weighted by molar-refractivity contribution is 7.89. The molecule has 0 spiro atoms. The molecule has 8 nitrogen and oxygen atoms in total. The molecule has 21 heavy (non-hydrogen) atoms. The molecule has 0 unspecified atom stereocenters. The molecule has 0 bridgehead atoms. The minimum atomic E-state index is -3.97. The van der Waals surface area contributed by atoms with Crippen LogP contribution < -0.4 is 5.73 Å². The van der Waals surface area contributed by atoms with Crippen LogP contribution >= 0.6 is 0 Å². The van der Waals surface area contributed by atoms with Gasteiger partial charge in [-0.3, -0.25) is 9.59 Å². The maximum absolute atomic E-state index is 12.6. The van der Waals surface area contributed by atoms with Gasteiger partial charge in [-0.1, -0.05) is 0 Å². The molecule has 0 aliphatic carbocycles.